The number of amides is 1. The molecule has 30 heavy (non-hydrogen) atoms. The smallest absolute Gasteiger partial charge is 0.240 e. The lowest BCUT2D eigenvalue weighted by Crippen LogP contribution is -2.38. The Hall–Kier alpha value is -2.91. The average molecular weight is 428 g/mol. The van der Waals surface area contributed by atoms with Crippen LogP contribution in [0.2, 0.25) is 0 Å². The van der Waals surface area contributed by atoms with Crippen molar-refractivity contribution >= 4 is 18.1 Å². The van der Waals surface area contributed by atoms with Crippen molar-refractivity contribution in [1.82, 2.24) is 25.0 Å². The molecular weight excluding hydrogens is 402 g/mol. The molecule has 2 N–H and O–H groups in total. The highest BCUT2D eigenvalue weighted by Crippen LogP contribution is 2.25. The van der Waals surface area contributed by atoms with E-state index in [1.54, 1.807) is 17.9 Å². The van der Waals surface area contributed by atoms with Crippen LogP contribution in [0.15, 0.2) is 47.1 Å². The fourth-order valence-electron chi connectivity index (χ4n) is 3.78. The molecule has 1 saturated heterocycles. The second-order valence-corrected chi connectivity index (χ2v) is 7.63. The molecule has 1 aliphatic heterocycles. The van der Waals surface area contributed by atoms with Gasteiger partial charge in [-0.25, -0.2) is 0 Å². The molecule has 0 saturated carbocycles. The van der Waals surface area contributed by atoms with Gasteiger partial charge in [-0.05, 0) is 74.5 Å². The minimum atomic E-state index is -0.127. The predicted octanol–water partition coefficient (Wildman–Crippen LogP) is 3.16. The van der Waals surface area contributed by atoms with Gasteiger partial charge < -0.3 is 14.5 Å². The van der Waals surface area contributed by atoms with E-state index in [2.05, 4.69) is 20.4 Å². The first-order chi connectivity index (χ1) is 14.7. The van der Waals surface area contributed by atoms with Gasteiger partial charge in [0.15, 0.2) is 10.6 Å². The normalized spacial score (nSPS) is 15.2. The van der Waals surface area contributed by atoms with Gasteiger partial charge in [-0.2, -0.15) is 5.10 Å². The van der Waals surface area contributed by atoms with Crippen molar-refractivity contribution in [3.8, 4) is 17.1 Å². The molecule has 0 radical (unpaired) electrons. The highest BCUT2D eigenvalue weighted by atomic mass is 32.1. The number of hydrogen-bond acceptors (Lipinski definition) is 6. The van der Waals surface area contributed by atoms with Crippen molar-refractivity contribution < 1.29 is 13.9 Å². The molecule has 4 rings (SSSR count). The molecule has 3 heterocycles. The number of hydrogen-bond donors (Lipinski definition) is 2. The van der Waals surface area contributed by atoms with Gasteiger partial charge in [-0.1, -0.05) is 0 Å². The quantitative estimate of drug-likeness (QED) is 0.537. The summed E-state index contributed by atoms with van der Waals surface area (Å²) in [7, 11) is 1.62. The molecule has 3 aromatic rings. The van der Waals surface area contributed by atoms with Crippen LogP contribution in [0, 0.1) is 4.77 Å². The molecule has 0 spiro atoms. The summed E-state index contributed by atoms with van der Waals surface area (Å²) in [6.45, 7) is 2.59. The standard InChI is InChI=1S/C21H25N5O3S/c1-28-16-8-6-15(7-9-16)20-23-24-21(30)26(20)14-19(27)22-13-17(18-5-4-12-29-18)25-10-2-3-11-25/h4-9,12,17H,2-3,10-11,13-14H2,1H3,(H,22,27)(H,24,30). The number of methoxy groups -OCH3 is 1. The zero-order valence-corrected chi connectivity index (χ0v) is 17.7. The van der Waals surface area contributed by atoms with E-state index < -0.39 is 0 Å². The molecule has 8 nitrogen and oxygen atoms in total. The molecule has 9 heteroatoms. The molecule has 0 aliphatic carbocycles. The van der Waals surface area contributed by atoms with Crippen LogP contribution in [0.5, 0.6) is 5.75 Å². The number of nitrogens with zero attached hydrogens (tertiary/aromatic N) is 3. The first-order valence-electron chi connectivity index (χ1n) is 9.99. The number of carbonyl (C=O) groups excluding carboxylic acids is 1. The van der Waals surface area contributed by atoms with Crippen molar-refractivity contribution in [1.29, 1.82) is 0 Å². The number of H-pyrrole nitrogens is 1. The predicted molar refractivity (Wildman–Crippen MR) is 115 cm³/mol. The topological polar surface area (TPSA) is 88.3 Å². The number of benzene rings is 1. The average Bonchev–Trinajstić information content (AvgIpc) is 3.53. The summed E-state index contributed by atoms with van der Waals surface area (Å²) < 4.78 is 12.9. The van der Waals surface area contributed by atoms with Gasteiger partial charge in [0, 0.05) is 12.1 Å². The molecular formula is C21H25N5O3S. The lowest BCUT2D eigenvalue weighted by molar-refractivity contribution is -0.121. The van der Waals surface area contributed by atoms with Crippen molar-refractivity contribution in [3.63, 3.8) is 0 Å². The Labute approximate surface area is 179 Å². The molecule has 1 fully saturated rings. The van der Waals surface area contributed by atoms with E-state index in [0.29, 0.717) is 17.1 Å². The number of carbonyl (C=O) groups is 1. The summed E-state index contributed by atoms with van der Waals surface area (Å²) in [5, 5.41) is 10.1. The Morgan fingerprint density at radius 3 is 2.73 bits per heavy atom. The first-order valence-corrected chi connectivity index (χ1v) is 10.4. The minimum Gasteiger partial charge on any atom is -0.497 e. The van der Waals surface area contributed by atoms with Crippen LogP contribution in [0.3, 0.4) is 0 Å². The van der Waals surface area contributed by atoms with E-state index in [9.17, 15) is 4.79 Å². The Morgan fingerprint density at radius 1 is 1.30 bits per heavy atom. The van der Waals surface area contributed by atoms with Crippen molar-refractivity contribution in [2.45, 2.75) is 25.4 Å². The summed E-state index contributed by atoms with van der Waals surface area (Å²) in [5.41, 5.74) is 0.849. The summed E-state index contributed by atoms with van der Waals surface area (Å²) in [6, 6.07) is 11.3. The van der Waals surface area contributed by atoms with E-state index in [1.165, 1.54) is 12.8 Å². The second-order valence-electron chi connectivity index (χ2n) is 7.25. The molecule has 158 valence electrons. The van der Waals surface area contributed by atoms with Crippen LogP contribution >= 0.6 is 12.2 Å². The van der Waals surface area contributed by atoms with E-state index >= 15 is 0 Å². The maximum absolute atomic E-state index is 12.7. The third-order valence-corrected chi connectivity index (χ3v) is 5.67. The molecule has 2 aromatic heterocycles. The van der Waals surface area contributed by atoms with Crippen LogP contribution in [-0.2, 0) is 11.3 Å². The van der Waals surface area contributed by atoms with Gasteiger partial charge in [-0.3, -0.25) is 19.4 Å². The first kappa shape index (κ1) is 20.4. The summed E-state index contributed by atoms with van der Waals surface area (Å²) in [6.07, 6.45) is 4.01. The fraction of sp³-hybridized carbons (Fsp3) is 0.381. The molecule has 1 unspecified atom stereocenters. The summed E-state index contributed by atoms with van der Waals surface area (Å²) in [4.78, 5) is 15.1. The second kappa shape index (κ2) is 9.27. The Morgan fingerprint density at radius 2 is 2.07 bits per heavy atom. The number of likely N-dealkylation sites (tertiary alicyclic amines) is 1. The van der Waals surface area contributed by atoms with Gasteiger partial charge in [0.2, 0.25) is 5.91 Å². The number of furan rings is 1. The fourth-order valence-corrected chi connectivity index (χ4v) is 3.98. The number of aromatic amines is 1. The highest BCUT2D eigenvalue weighted by Gasteiger charge is 2.26. The number of ether oxygens (including phenoxy) is 1. The van der Waals surface area contributed by atoms with E-state index in [4.69, 9.17) is 21.4 Å². The number of aromatic nitrogens is 3. The summed E-state index contributed by atoms with van der Waals surface area (Å²) >= 11 is 5.34. The molecule has 1 aliphatic rings. The molecule has 0 bridgehead atoms. The maximum atomic E-state index is 12.7. The molecule has 1 amide bonds. The van der Waals surface area contributed by atoms with Crippen molar-refractivity contribution in [2.24, 2.45) is 0 Å². The largest absolute Gasteiger partial charge is 0.497 e. The van der Waals surface area contributed by atoms with Crippen LogP contribution in [-0.4, -0.2) is 52.3 Å². The third-order valence-electron chi connectivity index (χ3n) is 5.35. The summed E-state index contributed by atoms with van der Waals surface area (Å²) in [5.74, 6) is 2.11. The van der Waals surface area contributed by atoms with E-state index in [0.717, 1.165) is 30.2 Å². The van der Waals surface area contributed by atoms with E-state index in [1.807, 2.05) is 36.4 Å². The Bertz CT molecular complexity index is 1020. The molecule has 1 aromatic carbocycles. The monoisotopic (exact) mass is 427 g/mol. The zero-order chi connectivity index (χ0) is 20.9. The van der Waals surface area contributed by atoms with Gasteiger partial charge in [0.1, 0.15) is 18.1 Å². The van der Waals surface area contributed by atoms with Crippen LogP contribution < -0.4 is 10.1 Å². The van der Waals surface area contributed by atoms with E-state index in [-0.39, 0.29) is 18.5 Å². The SMILES string of the molecule is COc1ccc(-c2n[nH]c(=S)n2CC(=O)NCC(c2ccco2)N2CCCC2)cc1. The zero-order valence-electron chi connectivity index (χ0n) is 16.8. The Balaban J connectivity index is 1.45. The van der Waals surface area contributed by atoms with Gasteiger partial charge in [0.05, 0.1) is 19.4 Å². The van der Waals surface area contributed by atoms with Gasteiger partial charge >= 0.3 is 0 Å². The minimum absolute atomic E-state index is 0.0323. The lowest BCUT2D eigenvalue weighted by atomic mass is 10.2. The van der Waals surface area contributed by atoms with Gasteiger partial charge in [-0.15, -0.1) is 0 Å². The highest BCUT2D eigenvalue weighted by molar-refractivity contribution is 7.71. The lowest BCUT2D eigenvalue weighted by Gasteiger charge is -2.26. The maximum Gasteiger partial charge on any atom is 0.240 e. The van der Waals surface area contributed by atoms with Crippen molar-refractivity contribution in [3.05, 3.63) is 53.2 Å². The Kier molecular flexibility index (Phi) is 6.29. The molecule has 1 atom stereocenters. The van der Waals surface area contributed by atoms with Gasteiger partial charge in [0.25, 0.3) is 0 Å². The number of nitrogens with one attached hydrogen (secondary N) is 2. The van der Waals surface area contributed by atoms with Crippen LogP contribution in [0.4, 0.5) is 0 Å². The van der Waals surface area contributed by atoms with Crippen molar-refractivity contribution in [2.75, 3.05) is 26.7 Å². The third kappa shape index (κ3) is 4.47. The number of rotatable bonds is 8. The van der Waals surface area contributed by atoms with Crippen LogP contribution in [0.25, 0.3) is 11.4 Å². The van der Waals surface area contributed by atoms with Crippen LogP contribution in [0.1, 0.15) is 24.6 Å².